The summed E-state index contributed by atoms with van der Waals surface area (Å²) in [7, 11) is -3.50. The highest BCUT2D eigenvalue weighted by molar-refractivity contribution is 7.98. The van der Waals surface area contributed by atoms with Crippen molar-refractivity contribution in [3.05, 3.63) is 69.2 Å². The highest BCUT2D eigenvalue weighted by atomic mass is 35.5. The molecule has 0 aliphatic carbocycles. The Kier molecular flexibility index (Phi) is 9.32. The summed E-state index contributed by atoms with van der Waals surface area (Å²) in [5.41, 5.74) is 3.06. The number of sulfonamides is 1. The van der Waals surface area contributed by atoms with Crippen molar-refractivity contribution in [3.63, 3.8) is 0 Å². The molecule has 2 aromatic rings. The second-order valence-electron chi connectivity index (χ2n) is 8.00. The molecule has 1 saturated heterocycles. The Hall–Kier alpha value is -1.25. The predicted molar refractivity (Wildman–Crippen MR) is 134 cm³/mol. The Labute approximate surface area is 204 Å². The van der Waals surface area contributed by atoms with E-state index in [1.54, 1.807) is 30.0 Å². The van der Waals surface area contributed by atoms with E-state index in [9.17, 15) is 13.2 Å². The number of hydrogen-bond acceptors (Lipinski definition) is 4. The minimum atomic E-state index is -3.50. The van der Waals surface area contributed by atoms with Gasteiger partial charge in [-0.2, -0.15) is 11.8 Å². The maximum Gasteiger partial charge on any atom is 0.223 e. The third-order valence-corrected chi connectivity index (χ3v) is 8.91. The number of thioether (sulfide) groups is 1. The molecule has 1 aliphatic heterocycles. The number of piperidine rings is 1. The minimum absolute atomic E-state index is 0.0129. The highest BCUT2D eigenvalue weighted by Crippen LogP contribution is 2.26. The van der Waals surface area contributed by atoms with Crippen molar-refractivity contribution in [2.75, 3.05) is 25.4 Å². The molecule has 3 rings (SSSR count). The van der Waals surface area contributed by atoms with Gasteiger partial charge in [-0.3, -0.25) is 4.79 Å². The van der Waals surface area contributed by atoms with E-state index in [0.29, 0.717) is 48.1 Å². The van der Waals surface area contributed by atoms with Gasteiger partial charge in [0.2, 0.25) is 15.9 Å². The van der Waals surface area contributed by atoms with E-state index in [1.165, 1.54) is 15.4 Å². The van der Waals surface area contributed by atoms with Gasteiger partial charge in [0.15, 0.2) is 0 Å². The Bertz CT molecular complexity index is 1040. The third-order valence-electron chi connectivity index (χ3n) is 5.47. The van der Waals surface area contributed by atoms with Crippen LogP contribution in [0.25, 0.3) is 0 Å². The van der Waals surface area contributed by atoms with E-state index < -0.39 is 10.0 Å². The molecule has 1 N–H and O–H groups in total. The molecular weight excluding hydrogens is 487 g/mol. The Balaban J connectivity index is 1.39. The van der Waals surface area contributed by atoms with E-state index in [0.717, 1.165) is 11.5 Å². The van der Waals surface area contributed by atoms with Crippen molar-refractivity contribution in [2.24, 2.45) is 5.92 Å². The first kappa shape index (κ1) is 25.4. The summed E-state index contributed by atoms with van der Waals surface area (Å²) in [5.74, 6) is 1.46. The molecule has 0 radical (unpaired) electrons. The van der Waals surface area contributed by atoms with Crippen LogP contribution in [-0.2, 0) is 26.3 Å². The topological polar surface area (TPSA) is 66.5 Å². The van der Waals surface area contributed by atoms with Crippen molar-refractivity contribution in [2.45, 2.75) is 31.3 Å². The maximum absolute atomic E-state index is 12.8. The van der Waals surface area contributed by atoms with E-state index in [2.05, 4.69) is 36.5 Å². The predicted octanol–water partition coefficient (Wildman–Crippen LogP) is 4.89. The van der Waals surface area contributed by atoms with Gasteiger partial charge >= 0.3 is 0 Å². The molecule has 1 heterocycles. The molecule has 5 nitrogen and oxygen atoms in total. The molecule has 2 aromatic carbocycles. The first-order valence-electron chi connectivity index (χ1n) is 10.6. The van der Waals surface area contributed by atoms with Crippen LogP contribution in [0.2, 0.25) is 10.0 Å². The molecule has 9 heteroatoms. The van der Waals surface area contributed by atoms with Gasteiger partial charge in [0.1, 0.15) is 0 Å². The largest absolute Gasteiger partial charge is 0.355 e. The monoisotopic (exact) mass is 514 g/mol. The van der Waals surface area contributed by atoms with Gasteiger partial charge in [0.25, 0.3) is 0 Å². The molecule has 1 fully saturated rings. The summed E-state index contributed by atoms with van der Waals surface area (Å²) in [4.78, 5) is 12.5. The number of rotatable bonds is 9. The van der Waals surface area contributed by atoms with Crippen LogP contribution in [0, 0.1) is 12.8 Å². The highest BCUT2D eigenvalue weighted by Gasteiger charge is 2.31. The van der Waals surface area contributed by atoms with Crippen molar-refractivity contribution in [1.29, 1.82) is 0 Å². The van der Waals surface area contributed by atoms with E-state index in [4.69, 9.17) is 23.2 Å². The second-order valence-corrected chi connectivity index (χ2v) is 11.9. The van der Waals surface area contributed by atoms with Crippen molar-refractivity contribution >= 4 is 50.9 Å². The Morgan fingerprint density at radius 2 is 1.91 bits per heavy atom. The molecule has 0 unspecified atom stereocenters. The summed E-state index contributed by atoms with van der Waals surface area (Å²) in [6, 6.07) is 13.2. The van der Waals surface area contributed by atoms with Gasteiger partial charge in [0.05, 0.1) is 5.75 Å². The van der Waals surface area contributed by atoms with Crippen LogP contribution in [-0.4, -0.2) is 44.0 Å². The number of nitrogens with one attached hydrogen (secondary N) is 1. The van der Waals surface area contributed by atoms with Crippen molar-refractivity contribution < 1.29 is 13.2 Å². The molecule has 0 spiro atoms. The van der Waals surface area contributed by atoms with Gasteiger partial charge in [-0.1, -0.05) is 59.1 Å². The van der Waals surface area contributed by atoms with E-state index >= 15 is 0 Å². The normalized spacial score (nSPS) is 15.6. The number of amides is 1. The molecule has 1 amide bonds. The van der Waals surface area contributed by atoms with Gasteiger partial charge in [-0.25, -0.2) is 12.7 Å². The first-order valence-corrected chi connectivity index (χ1v) is 14.1. The fourth-order valence-corrected chi connectivity index (χ4v) is 6.66. The molecule has 32 heavy (non-hydrogen) atoms. The molecule has 1 aliphatic rings. The number of carbonyl (C=O) groups is 1. The fraction of sp³-hybridized carbons (Fsp3) is 0.435. The van der Waals surface area contributed by atoms with Crippen LogP contribution in [0.1, 0.15) is 29.5 Å². The smallest absolute Gasteiger partial charge is 0.223 e. The Morgan fingerprint density at radius 1 is 1.16 bits per heavy atom. The zero-order valence-electron chi connectivity index (χ0n) is 18.0. The van der Waals surface area contributed by atoms with Gasteiger partial charge in [-0.05, 0) is 43.0 Å². The number of nitrogens with zero attached hydrogens (tertiary/aromatic N) is 1. The lowest BCUT2D eigenvalue weighted by Gasteiger charge is -2.30. The summed E-state index contributed by atoms with van der Waals surface area (Å²) in [6.07, 6.45) is 1.05. The average Bonchev–Trinajstić information content (AvgIpc) is 2.75. The zero-order chi connectivity index (χ0) is 23.1. The minimum Gasteiger partial charge on any atom is -0.355 e. The van der Waals surface area contributed by atoms with Crippen LogP contribution in [0.15, 0.2) is 42.5 Å². The maximum atomic E-state index is 12.8. The summed E-state index contributed by atoms with van der Waals surface area (Å²) < 4.78 is 27.0. The number of halogens is 2. The van der Waals surface area contributed by atoms with Gasteiger partial charge < -0.3 is 5.32 Å². The quantitative estimate of drug-likeness (QED) is 0.483. The van der Waals surface area contributed by atoms with Crippen molar-refractivity contribution in [1.82, 2.24) is 9.62 Å². The number of hydrogen-bond donors (Lipinski definition) is 1. The van der Waals surface area contributed by atoms with Crippen LogP contribution in [0.4, 0.5) is 0 Å². The fourth-order valence-electron chi connectivity index (χ4n) is 3.71. The van der Waals surface area contributed by atoms with Crippen molar-refractivity contribution in [3.8, 4) is 0 Å². The SMILES string of the molecule is Cc1cccc(CSCCNC(=O)C2CCN(S(=O)(=O)Cc3ccc(Cl)cc3Cl)CC2)c1. The molecular formula is C23H28Cl2N2O3S2. The standard InChI is InChI=1S/C23H28Cl2N2O3S2/c1-17-3-2-4-18(13-17)15-31-12-9-26-23(28)19-7-10-27(11-8-19)32(29,30)16-20-5-6-21(24)14-22(20)25/h2-6,13-14,19H,7-12,15-16H2,1H3,(H,26,28). The average molecular weight is 516 g/mol. The number of benzene rings is 2. The lowest BCUT2D eigenvalue weighted by molar-refractivity contribution is -0.125. The van der Waals surface area contributed by atoms with Crippen LogP contribution < -0.4 is 5.32 Å². The molecule has 0 bridgehead atoms. The molecule has 174 valence electrons. The zero-order valence-corrected chi connectivity index (χ0v) is 21.2. The first-order chi connectivity index (χ1) is 15.2. The summed E-state index contributed by atoms with van der Waals surface area (Å²) in [6.45, 7) is 3.38. The third kappa shape index (κ3) is 7.39. The van der Waals surface area contributed by atoms with Crippen LogP contribution in [0.3, 0.4) is 0 Å². The second kappa shape index (κ2) is 11.7. The lowest BCUT2D eigenvalue weighted by atomic mass is 9.97. The molecule has 0 aromatic heterocycles. The van der Waals surface area contributed by atoms with E-state index in [1.807, 2.05) is 0 Å². The number of aryl methyl sites for hydroxylation is 1. The van der Waals surface area contributed by atoms with Crippen LogP contribution >= 0.6 is 35.0 Å². The lowest BCUT2D eigenvalue weighted by Crippen LogP contribution is -2.43. The number of carbonyl (C=O) groups excluding carboxylic acids is 1. The summed E-state index contributed by atoms with van der Waals surface area (Å²) >= 11 is 13.8. The Morgan fingerprint density at radius 3 is 2.59 bits per heavy atom. The van der Waals surface area contributed by atoms with E-state index in [-0.39, 0.29) is 17.6 Å². The molecule has 0 atom stereocenters. The van der Waals surface area contributed by atoms with Crippen LogP contribution in [0.5, 0.6) is 0 Å². The molecule has 0 saturated carbocycles. The summed E-state index contributed by atoms with van der Waals surface area (Å²) in [5, 5.41) is 3.81. The van der Waals surface area contributed by atoms with Gasteiger partial charge in [0, 0.05) is 47.1 Å². The van der Waals surface area contributed by atoms with Gasteiger partial charge in [-0.15, -0.1) is 0 Å².